The Kier molecular flexibility index (Phi) is 5.95. The fourth-order valence-electron chi connectivity index (χ4n) is 2.94. The molecule has 178 valence electrons. The summed E-state index contributed by atoms with van der Waals surface area (Å²) in [7, 11) is -20.1. The SMILES string of the molecule is Nc1cccc(S(=O)(=O)Nc2ccc(S(=O)(=O)O)c3cc(S(=O)(=O)O)cc(S(=O)(=O)O)c23)c1. The van der Waals surface area contributed by atoms with Crippen LogP contribution < -0.4 is 10.5 Å². The van der Waals surface area contributed by atoms with E-state index in [9.17, 15) is 47.3 Å². The third-order valence-corrected chi connectivity index (χ3v) is 8.26. The van der Waals surface area contributed by atoms with Gasteiger partial charge in [0.25, 0.3) is 40.4 Å². The van der Waals surface area contributed by atoms with Gasteiger partial charge in [0.05, 0.1) is 15.5 Å². The summed E-state index contributed by atoms with van der Waals surface area (Å²) in [6.45, 7) is 0. The molecule has 6 N–H and O–H groups in total. The molecule has 0 atom stereocenters. The van der Waals surface area contributed by atoms with Crippen molar-refractivity contribution in [2.45, 2.75) is 19.6 Å². The maximum Gasteiger partial charge on any atom is 0.295 e. The quantitative estimate of drug-likeness (QED) is 0.218. The van der Waals surface area contributed by atoms with Gasteiger partial charge in [-0.05, 0) is 42.5 Å². The normalized spacial score (nSPS) is 13.2. The first-order chi connectivity index (χ1) is 14.9. The monoisotopic (exact) mass is 538 g/mol. The Morgan fingerprint density at radius 3 is 1.79 bits per heavy atom. The fourth-order valence-corrected chi connectivity index (χ4v) is 6.11. The zero-order valence-corrected chi connectivity index (χ0v) is 19.2. The predicted molar refractivity (Wildman–Crippen MR) is 115 cm³/mol. The Bertz CT molecular complexity index is 1730. The highest BCUT2D eigenvalue weighted by Crippen LogP contribution is 2.37. The topological polar surface area (TPSA) is 235 Å². The first-order valence-corrected chi connectivity index (χ1v) is 14.1. The van der Waals surface area contributed by atoms with Crippen molar-refractivity contribution in [2.24, 2.45) is 0 Å². The molecule has 0 spiro atoms. The van der Waals surface area contributed by atoms with E-state index in [0.29, 0.717) is 18.2 Å². The van der Waals surface area contributed by atoms with Crippen LogP contribution in [0.15, 0.2) is 68.1 Å². The molecule has 0 aliphatic carbocycles. The maximum absolute atomic E-state index is 12.8. The van der Waals surface area contributed by atoms with Crippen molar-refractivity contribution in [3.8, 4) is 0 Å². The van der Waals surface area contributed by atoms with E-state index in [4.69, 9.17) is 5.73 Å². The molecule has 0 aliphatic rings. The highest BCUT2D eigenvalue weighted by Gasteiger charge is 2.28. The van der Waals surface area contributed by atoms with Gasteiger partial charge in [-0.15, -0.1) is 0 Å². The zero-order chi connectivity index (χ0) is 25.0. The van der Waals surface area contributed by atoms with Crippen LogP contribution in [0.4, 0.5) is 11.4 Å². The van der Waals surface area contributed by atoms with E-state index in [1.54, 1.807) is 0 Å². The minimum atomic E-state index is -5.33. The lowest BCUT2D eigenvalue weighted by Gasteiger charge is -2.16. The fraction of sp³-hybridized carbons (Fsp3) is 0. The number of nitrogens with two attached hydrogens (primary N) is 1. The lowest BCUT2D eigenvalue weighted by Crippen LogP contribution is -2.15. The number of nitrogen functional groups attached to an aromatic ring is 1. The van der Waals surface area contributed by atoms with Crippen molar-refractivity contribution in [2.75, 3.05) is 10.5 Å². The van der Waals surface area contributed by atoms with Gasteiger partial charge in [-0.1, -0.05) is 6.07 Å². The molecule has 3 rings (SSSR count). The van der Waals surface area contributed by atoms with Gasteiger partial charge in [0.1, 0.15) is 9.79 Å². The molecule has 0 aromatic heterocycles. The smallest absolute Gasteiger partial charge is 0.295 e. The number of sulfonamides is 1. The number of hydrogen-bond acceptors (Lipinski definition) is 9. The van der Waals surface area contributed by atoms with Crippen molar-refractivity contribution in [3.63, 3.8) is 0 Å². The summed E-state index contributed by atoms with van der Waals surface area (Å²) < 4.78 is 127. The number of anilines is 2. The number of benzene rings is 3. The van der Waals surface area contributed by atoms with E-state index in [0.717, 1.165) is 18.2 Å². The molecular weight excluding hydrogens is 524 g/mol. The molecule has 3 aromatic carbocycles. The van der Waals surface area contributed by atoms with Gasteiger partial charge in [0.2, 0.25) is 0 Å². The van der Waals surface area contributed by atoms with Crippen LogP contribution in [0, 0.1) is 0 Å². The molecular formula is C16H14N2O11S4. The predicted octanol–water partition coefficient (Wildman–Crippen LogP) is 0.963. The van der Waals surface area contributed by atoms with Gasteiger partial charge in [-0.3, -0.25) is 18.4 Å². The molecule has 0 unspecified atom stereocenters. The Balaban J connectivity index is 2.48. The van der Waals surface area contributed by atoms with Crippen LogP contribution >= 0.6 is 0 Å². The van der Waals surface area contributed by atoms with Crippen molar-refractivity contribution in [1.29, 1.82) is 0 Å². The Hall–Kier alpha value is -2.80. The van der Waals surface area contributed by atoms with Gasteiger partial charge in [0.15, 0.2) is 0 Å². The third-order valence-electron chi connectivity index (χ3n) is 4.28. The third kappa shape index (κ3) is 5.08. The van der Waals surface area contributed by atoms with Gasteiger partial charge in [-0.2, -0.15) is 25.3 Å². The van der Waals surface area contributed by atoms with Gasteiger partial charge >= 0.3 is 0 Å². The molecule has 0 aliphatic heterocycles. The second-order valence-corrected chi connectivity index (χ2v) is 12.4. The van der Waals surface area contributed by atoms with Crippen molar-refractivity contribution in [1.82, 2.24) is 0 Å². The Morgan fingerprint density at radius 2 is 1.27 bits per heavy atom. The van der Waals surface area contributed by atoms with Gasteiger partial charge < -0.3 is 5.73 Å². The van der Waals surface area contributed by atoms with Crippen LogP contribution in [0.5, 0.6) is 0 Å². The van der Waals surface area contributed by atoms with Crippen LogP contribution in [-0.4, -0.2) is 47.3 Å². The van der Waals surface area contributed by atoms with Crippen molar-refractivity contribution < 1.29 is 47.3 Å². The van der Waals surface area contributed by atoms with E-state index in [2.05, 4.69) is 0 Å². The molecule has 0 radical (unpaired) electrons. The average Bonchev–Trinajstić information content (AvgIpc) is 2.64. The van der Waals surface area contributed by atoms with Crippen LogP contribution in [0.3, 0.4) is 0 Å². The molecule has 0 saturated carbocycles. The molecule has 0 bridgehead atoms. The van der Waals surface area contributed by atoms with E-state index < -0.39 is 71.5 Å². The van der Waals surface area contributed by atoms with E-state index in [-0.39, 0.29) is 10.6 Å². The Morgan fingerprint density at radius 1 is 0.667 bits per heavy atom. The van der Waals surface area contributed by atoms with Crippen LogP contribution in [0.25, 0.3) is 10.8 Å². The summed E-state index contributed by atoms with van der Waals surface area (Å²) in [6, 6.07) is 7.13. The van der Waals surface area contributed by atoms with Gasteiger partial charge in [-0.25, -0.2) is 8.42 Å². The van der Waals surface area contributed by atoms with Gasteiger partial charge in [0, 0.05) is 16.5 Å². The Labute approximate surface area is 188 Å². The minimum Gasteiger partial charge on any atom is -0.399 e. The summed E-state index contributed by atoms with van der Waals surface area (Å²) in [4.78, 5) is -3.80. The highest BCUT2D eigenvalue weighted by molar-refractivity contribution is 7.92. The number of fused-ring (bicyclic) bond motifs is 1. The standard InChI is InChI=1S/C16H14N2O11S4/c17-9-2-1-3-10(6-9)30(19,20)18-13-4-5-14(32(24,25)26)12-7-11(31(21,22)23)8-15(16(12)13)33(27,28)29/h1-8,18H,17H2,(H,21,22,23)(H,24,25,26)(H,27,28,29). The average molecular weight is 539 g/mol. The van der Waals surface area contributed by atoms with Crippen molar-refractivity contribution >= 4 is 62.5 Å². The molecule has 0 fully saturated rings. The minimum absolute atomic E-state index is 0.0703. The van der Waals surface area contributed by atoms with E-state index >= 15 is 0 Å². The number of nitrogens with one attached hydrogen (secondary N) is 1. The molecule has 0 amide bonds. The lowest BCUT2D eigenvalue weighted by atomic mass is 10.1. The first-order valence-electron chi connectivity index (χ1n) is 8.33. The lowest BCUT2D eigenvalue weighted by molar-refractivity contribution is 0.478. The largest absolute Gasteiger partial charge is 0.399 e. The van der Waals surface area contributed by atoms with E-state index in [1.807, 2.05) is 4.72 Å². The number of rotatable bonds is 6. The second kappa shape index (κ2) is 7.90. The number of hydrogen-bond donors (Lipinski definition) is 5. The highest BCUT2D eigenvalue weighted by atomic mass is 32.2. The molecule has 0 heterocycles. The zero-order valence-electron chi connectivity index (χ0n) is 15.9. The molecule has 0 saturated heterocycles. The van der Waals surface area contributed by atoms with Crippen LogP contribution in [0.1, 0.15) is 0 Å². The summed E-state index contributed by atoms with van der Waals surface area (Å²) in [5.41, 5.74) is 5.03. The maximum atomic E-state index is 12.8. The molecule has 3 aromatic rings. The second-order valence-electron chi connectivity index (χ2n) is 6.56. The van der Waals surface area contributed by atoms with Crippen LogP contribution in [-0.2, 0) is 40.4 Å². The summed E-state index contributed by atoms with van der Waals surface area (Å²) in [5.74, 6) is 0. The summed E-state index contributed by atoms with van der Waals surface area (Å²) in [6.07, 6.45) is 0. The summed E-state index contributed by atoms with van der Waals surface area (Å²) in [5, 5.41) is -1.62. The molecule has 33 heavy (non-hydrogen) atoms. The molecule has 17 heteroatoms. The van der Waals surface area contributed by atoms with Crippen LogP contribution in [0.2, 0.25) is 0 Å². The van der Waals surface area contributed by atoms with Crippen molar-refractivity contribution in [3.05, 3.63) is 48.5 Å². The molecule has 13 nitrogen and oxygen atoms in total. The summed E-state index contributed by atoms with van der Waals surface area (Å²) >= 11 is 0. The van der Waals surface area contributed by atoms with E-state index in [1.165, 1.54) is 12.1 Å². The first kappa shape index (κ1) is 24.8.